The van der Waals surface area contributed by atoms with Gasteiger partial charge in [0.25, 0.3) is 10.0 Å². The predicted molar refractivity (Wildman–Crippen MR) is 176 cm³/mol. The first-order valence-corrected chi connectivity index (χ1v) is 16.4. The van der Waals surface area contributed by atoms with E-state index < -0.39 is 28.5 Å². The van der Waals surface area contributed by atoms with Crippen molar-refractivity contribution in [2.75, 3.05) is 10.8 Å². The third-order valence-electron chi connectivity index (χ3n) is 7.65. The van der Waals surface area contributed by atoms with Crippen LogP contribution in [0, 0.1) is 13.8 Å². The number of nitrogens with zero attached hydrogens (tertiary/aromatic N) is 2. The summed E-state index contributed by atoms with van der Waals surface area (Å²) in [7, 11) is -4.12. The number of hydrogen-bond acceptors (Lipinski definition) is 4. The van der Waals surface area contributed by atoms with Crippen LogP contribution in [0.15, 0.2) is 114 Å². The van der Waals surface area contributed by atoms with Gasteiger partial charge < -0.3 is 10.2 Å². The Balaban J connectivity index is 1.80. The highest BCUT2D eigenvalue weighted by Gasteiger charge is 2.35. The van der Waals surface area contributed by atoms with E-state index in [9.17, 15) is 18.0 Å². The molecule has 2 atom stereocenters. The maximum absolute atomic E-state index is 14.5. The van der Waals surface area contributed by atoms with Crippen molar-refractivity contribution in [3.63, 3.8) is 0 Å². The fourth-order valence-corrected chi connectivity index (χ4v) is 6.34. The summed E-state index contributed by atoms with van der Waals surface area (Å²) in [5.41, 5.74) is 4.04. The number of rotatable bonds is 13. The molecule has 7 nitrogen and oxygen atoms in total. The minimum atomic E-state index is -4.12. The van der Waals surface area contributed by atoms with Crippen molar-refractivity contribution in [2.45, 2.75) is 64.1 Å². The second kappa shape index (κ2) is 14.8. The highest BCUT2D eigenvalue weighted by atomic mass is 32.2. The third kappa shape index (κ3) is 8.35. The van der Waals surface area contributed by atoms with Crippen LogP contribution in [0.1, 0.15) is 42.5 Å². The monoisotopic (exact) mass is 611 g/mol. The van der Waals surface area contributed by atoms with Gasteiger partial charge in [-0.3, -0.25) is 13.9 Å². The van der Waals surface area contributed by atoms with Gasteiger partial charge in [-0.1, -0.05) is 97.4 Å². The molecule has 0 saturated heterocycles. The highest BCUT2D eigenvalue weighted by Crippen LogP contribution is 2.26. The maximum Gasteiger partial charge on any atom is 0.264 e. The lowest BCUT2D eigenvalue weighted by molar-refractivity contribution is -0.140. The van der Waals surface area contributed by atoms with Gasteiger partial charge in [0.05, 0.1) is 10.6 Å². The van der Waals surface area contributed by atoms with E-state index in [1.54, 1.807) is 36.4 Å². The largest absolute Gasteiger partial charge is 0.352 e. The second-order valence-corrected chi connectivity index (χ2v) is 13.1. The van der Waals surface area contributed by atoms with Crippen LogP contribution < -0.4 is 9.62 Å². The fourth-order valence-electron chi connectivity index (χ4n) is 4.92. The number of sulfonamides is 1. The van der Waals surface area contributed by atoms with Gasteiger partial charge >= 0.3 is 0 Å². The molecule has 0 aliphatic rings. The SMILES string of the molecule is CC[C@@H](C)NC(=O)[C@@H](Cc1ccccc1)N(Cc1ccc(C)cc1)C(=O)CN(c1cccc(C)c1)S(=O)(=O)c1ccccc1. The van der Waals surface area contributed by atoms with E-state index in [0.29, 0.717) is 5.69 Å². The van der Waals surface area contributed by atoms with E-state index in [2.05, 4.69) is 5.32 Å². The summed E-state index contributed by atoms with van der Waals surface area (Å²) in [6, 6.07) is 31.5. The number of amides is 2. The van der Waals surface area contributed by atoms with Crippen LogP contribution in [0.4, 0.5) is 5.69 Å². The Bertz CT molecular complexity index is 1640. The summed E-state index contributed by atoms with van der Waals surface area (Å²) in [6.45, 7) is 7.43. The smallest absolute Gasteiger partial charge is 0.264 e. The van der Waals surface area contributed by atoms with Gasteiger partial charge in [0.2, 0.25) is 11.8 Å². The number of carbonyl (C=O) groups excluding carboxylic acids is 2. The molecular formula is C36H41N3O4S. The van der Waals surface area contributed by atoms with Crippen molar-refractivity contribution in [3.8, 4) is 0 Å². The van der Waals surface area contributed by atoms with Gasteiger partial charge in [0.15, 0.2) is 0 Å². The molecule has 0 aliphatic heterocycles. The molecule has 0 bridgehead atoms. The molecule has 0 aromatic heterocycles. The first-order chi connectivity index (χ1) is 21.1. The van der Waals surface area contributed by atoms with Crippen LogP contribution in [-0.2, 0) is 32.6 Å². The first-order valence-electron chi connectivity index (χ1n) is 14.9. The Kier molecular flexibility index (Phi) is 11.0. The zero-order chi connectivity index (χ0) is 31.7. The molecule has 0 unspecified atom stereocenters. The molecular weight excluding hydrogens is 570 g/mol. The molecule has 0 heterocycles. The maximum atomic E-state index is 14.5. The molecule has 4 rings (SSSR count). The van der Waals surface area contributed by atoms with E-state index in [1.165, 1.54) is 17.0 Å². The minimum Gasteiger partial charge on any atom is -0.352 e. The number of carbonyl (C=O) groups is 2. The molecule has 0 radical (unpaired) electrons. The summed E-state index contributed by atoms with van der Waals surface area (Å²) in [5, 5.41) is 3.06. The Morgan fingerprint density at radius 1 is 0.773 bits per heavy atom. The molecule has 0 spiro atoms. The quantitative estimate of drug-likeness (QED) is 0.199. The van der Waals surface area contributed by atoms with E-state index in [0.717, 1.165) is 33.0 Å². The van der Waals surface area contributed by atoms with Gasteiger partial charge in [-0.2, -0.15) is 0 Å². The molecule has 4 aromatic carbocycles. The molecule has 230 valence electrons. The van der Waals surface area contributed by atoms with Crippen LogP contribution >= 0.6 is 0 Å². The Labute approximate surface area is 261 Å². The van der Waals surface area contributed by atoms with E-state index in [-0.39, 0.29) is 29.8 Å². The number of benzene rings is 4. The highest BCUT2D eigenvalue weighted by molar-refractivity contribution is 7.92. The van der Waals surface area contributed by atoms with Gasteiger partial charge in [0, 0.05) is 19.0 Å². The normalized spacial score (nSPS) is 12.6. The van der Waals surface area contributed by atoms with Gasteiger partial charge in [-0.25, -0.2) is 8.42 Å². The number of nitrogens with one attached hydrogen (secondary N) is 1. The average Bonchev–Trinajstić information content (AvgIpc) is 3.03. The molecule has 2 amide bonds. The van der Waals surface area contributed by atoms with E-state index >= 15 is 0 Å². The standard InChI is InChI=1S/C36H41N3O4S/c1-5-29(4)37-36(41)34(24-30-14-8-6-9-15-30)38(25-31-21-19-27(2)20-22-31)35(40)26-39(32-16-12-13-28(3)23-32)44(42,43)33-17-10-7-11-18-33/h6-23,29,34H,5,24-26H2,1-4H3,(H,37,41)/t29-,34-/m1/s1. The van der Waals surface area contributed by atoms with Crippen LogP contribution in [-0.4, -0.2) is 43.8 Å². The molecule has 0 saturated carbocycles. The summed E-state index contributed by atoms with van der Waals surface area (Å²) < 4.78 is 29.3. The molecule has 8 heteroatoms. The lowest BCUT2D eigenvalue weighted by atomic mass is 10.0. The van der Waals surface area contributed by atoms with Gasteiger partial charge in [-0.05, 0) is 68.1 Å². The van der Waals surface area contributed by atoms with Crippen molar-refractivity contribution in [2.24, 2.45) is 0 Å². The summed E-state index contributed by atoms with van der Waals surface area (Å²) >= 11 is 0. The molecule has 44 heavy (non-hydrogen) atoms. The Morgan fingerprint density at radius 2 is 1.41 bits per heavy atom. The fraction of sp³-hybridized carbons (Fsp3) is 0.278. The Hall–Kier alpha value is -4.43. The lowest BCUT2D eigenvalue weighted by Gasteiger charge is -2.34. The van der Waals surface area contributed by atoms with E-state index in [4.69, 9.17) is 0 Å². The van der Waals surface area contributed by atoms with Crippen molar-refractivity contribution < 1.29 is 18.0 Å². The summed E-state index contributed by atoms with van der Waals surface area (Å²) in [4.78, 5) is 30.0. The Morgan fingerprint density at radius 3 is 2.02 bits per heavy atom. The molecule has 0 aliphatic carbocycles. The predicted octanol–water partition coefficient (Wildman–Crippen LogP) is 6.05. The topological polar surface area (TPSA) is 86.8 Å². The van der Waals surface area contributed by atoms with Gasteiger partial charge in [-0.15, -0.1) is 0 Å². The van der Waals surface area contributed by atoms with Gasteiger partial charge in [0.1, 0.15) is 12.6 Å². The number of aryl methyl sites for hydroxylation is 2. The zero-order valence-corrected chi connectivity index (χ0v) is 26.6. The molecule has 0 fully saturated rings. The van der Waals surface area contributed by atoms with Crippen molar-refractivity contribution in [1.82, 2.24) is 10.2 Å². The third-order valence-corrected chi connectivity index (χ3v) is 9.43. The van der Waals surface area contributed by atoms with Crippen LogP contribution in [0.2, 0.25) is 0 Å². The second-order valence-electron chi connectivity index (χ2n) is 11.2. The van der Waals surface area contributed by atoms with Crippen molar-refractivity contribution in [3.05, 3.63) is 131 Å². The van der Waals surface area contributed by atoms with E-state index in [1.807, 2.05) is 88.4 Å². The number of hydrogen-bond donors (Lipinski definition) is 1. The van der Waals surface area contributed by atoms with Crippen LogP contribution in [0.25, 0.3) is 0 Å². The van der Waals surface area contributed by atoms with Crippen molar-refractivity contribution in [1.29, 1.82) is 0 Å². The van der Waals surface area contributed by atoms with Crippen LogP contribution in [0.5, 0.6) is 0 Å². The summed E-state index contributed by atoms with van der Waals surface area (Å²) in [5.74, 6) is -0.761. The zero-order valence-electron chi connectivity index (χ0n) is 25.8. The van der Waals surface area contributed by atoms with Crippen molar-refractivity contribution >= 4 is 27.5 Å². The number of anilines is 1. The minimum absolute atomic E-state index is 0.0785. The average molecular weight is 612 g/mol. The van der Waals surface area contributed by atoms with Crippen LogP contribution in [0.3, 0.4) is 0 Å². The molecule has 1 N–H and O–H groups in total. The first kappa shape index (κ1) is 32.5. The molecule has 4 aromatic rings. The summed E-state index contributed by atoms with van der Waals surface area (Å²) in [6.07, 6.45) is 1.00. The lowest BCUT2D eigenvalue weighted by Crippen LogP contribution is -2.54.